The lowest BCUT2D eigenvalue weighted by Gasteiger charge is -2.38. The summed E-state index contributed by atoms with van der Waals surface area (Å²) < 4.78 is 22.7. The molecule has 0 N–H and O–H groups in total. The number of esters is 1. The van der Waals surface area contributed by atoms with Gasteiger partial charge in [-0.1, -0.05) is 0 Å². The molecule has 29 heavy (non-hydrogen) atoms. The highest BCUT2D eigenvalue weighted by Gasteiger charge is 2.45. The van der Waals surface area contributed by atoms with Crippen LogP contribution in [0.25, 0.3) is 0 Å². The van der Waals surface area contributed by atoms with E-state index in [4.69, 9.17) is 18.9 Å². The third kappa shape index (κ3) is 5.39. The number of piperidine rings is 1. The van der Waals surface area contributed by atoms with Crippen LogP contribution < -0.4 is 4.74 Å². The van der Waals surface area contributed by atoms with Crippen LogP contribution in [0.5, 0.6) is 5.88 Å². The Labute approximate surface area is 175 Å². The smallest absolute Gasteiger partial charge is 0.410 e. The first kappa shape index (κ1) is 21.8. The Morgan fingerprint density at radius 2 is 2.00 bits per heavy atom. The highest BCUT2D eigenvalue weighted by molar-refractivity contribution is 7.13. The van der Waals surface area contributed by atoms with E-state index >= 15 is 0 Å². The zero-order valence-corrected chi connectivity index (χ0v) is 18.6. The molecule has 1 amide bonds. The maximum atomic E-state index is 12.3. The summed E-state index contributed by atoms with van der Waals surface area (Å²) in [6, 6.07) is 0. The number of amides is 1. The summed E-state index contributed by atoms with van der Waals surface area (Å²) in [4.78, 5) is 30.9. The minimum Gasteiger partial charge on any atom is -0.471 e. The fraction of sp³-hybridized carbons (Fsp3) is 0.750. The van der Waals surface area contributed by atoms with Crippen molar-refractivity contribution in [2.24, 2.45) is 0 Å². The number of likely N-dealkylation sites (tertiary alicyclic amines) is 1. The van der Waals surface area contributed by atoms with Gasteiger partial charge in [-0.05, 0) is 47.5 Å². The van der Waals surface area contributed by atoms with E-state index in [1.807, 2.05) is 27.7 Å². The van der Waals surface area contributed by atoms with Gasteiger partial charge in [0.1, 0.15) is 11.7 Å². The predicted octanol–water partition coefficient (Wildman–Crippen LogP) is 3.57. The van der Waals surface area contributed by atoms with Crippen LogP contribution in [0.15, 0.2) is 0 Å². The van der Waals surface area contributed by atoms with Crippen molar-refractivity contribution in [2.45, 2.75) is 71.2 Å². The molecule has 2 saturated heterocycles. The van der Waals surface area contributed by atoms with Crippen molar-refractivity contribution < 1.29 is 28.5 Å². The molecular formula is C20H30N2O6S. The number of aromatic nitrogens is 1. The third-order valence-electron chi connectivity index (χ3n) is 4.94. The van der Waals surface area contributed by atoms with Gasteiger partial charge in [0, 0.05) is 19.5 Å². The van der Waals surface area contributed by atoms with E-state index in [1.54, 1.807) is 11.8 Å². The van der Waals surface area contributed by atoms with Gasteiger partial charge in [0.2, 0.25) is 5.88 Å². The van der Waals surface area contributed by atoms with Crippen LogP contribution in [0, 0.1) is 6.92 Å². The lowest BCUT2D eigenvalue weighted by Crippen LogP contribution is -2.48. The van der Waals surface area contributed by atoms with Gasteiger partial charge in [-0.2, -0.15) is 0 Å². The molecule has 0 aliphatic carbocycles. The molecule has 2 aliphatic heterocycles. The van der Waals surface area contributed by atoms with Crippen molar-refractivity contribution in [2.75, 3.05) is 26.3 Å². The molecular weight excluding hydrogens is 396 g/mol. The van der Waals surface area contributed by atoms with Gasteiger partial charge in [0.15, 0.2) is 4.88 Å². The van der Waals surface area contributed by atoms with Crippen LogP contribution in [-0.2, 0) is 14.2 Å². The number of nitrogens with zero attached hydrogens (tertiary/aromatic N) is 2. The van der Waals surface area contributed by atoms with E-state index < -0.39 is 11.6 Å². The summed E-state index contributed by atoms with van der Waals surface area (Å²) in [6.45, 7) is 11.1. The van der Waals surface area contributed by atoms with Gasteiger partial charge in [-0.15, -0.1) is 11.3 Å². The van der Waals surface area contributed by atoms with Crippen molar-refractivity contribution >= 4 is 23.4 Å². The van der Waals surface area contributed by atoms with E-state index in [-0.39, 0.29) is 17.8 Å². The van der Waals surface area contributed by atoms with Gasteiger partial charge >= 0.3 is 12.1 Å². The quantitative estimate of drug-likeness (QED) is 0.680. The molecule has 2 fully saturated rings. The number of hydrogen-bond acceptors (Lipinski definition) is 8. The second kappa shape index (κ2) is 8.47. The molecule has 0 aromatic carbocycles. The molecule has 1 aromatic rings. The first-order chi connectivity index (χ1) is 13.6. The molecule has 8 nitrogen and oxygen atoms in total. The Kier molecular flexibility index (Phi) is 6.38. The highest BCUT2D eigenvalue weighted by atomic mass is 32.1. The number of carbonyl (C=O) groups is 2. The van der Waals surface area contributed by atoms with Crippen LogP contribution in [0.1, 0.15) is 61.6 Å². The van der Waals surface area contributed by atoms with E-state index in [2.05, 4.69) is 4.98 Å². The number of thiazole rings is 1. The molecule has 0 bridgehead atoms. The zero-order chi connectivity index (χ0) is 21.2. The van der Waals surface area contributed by atoms with Gasteiger partial charge in [0.25, 0.3) is 0 Å². The summed E-state index contributed by atoms with van der Waals surface area (Å²) in [5, 5.41) is 0.752. The molecule has 3 heterocycles. The number of rotatable bonds is 4. The van der Waals surface area contributed by atoms with Crippen LogP contribution >= 0.6 is 11.3 Å². The average molecular weight is 427 g/mol. The van der Waals surface area contributed by atoms with Crippen LogP contribution in [0.4, 0.5) is 4.79 Å². The van der Waals surface area contributed by atoms with Crippen LogP contribution in [0.3, 0.4) is 0 Å². The Hall–Kier alpha value is -1.87. The van der Waals surface area contributed by atoms with E-state index in [0.717, 1.165) is 17.8 Å². The second-order valence-corrected chi connectivity index (χ2v) is 9.70. The van der Waals surface area contributed by atoms with Crippen molar-refractivity contribution in [3.63, 3.8) is 0 Å². The Balaban J connectivity index is 1.56. The Bertz CT molecular complexity index is 749. The first-order valence-corrected chi connectivity index (χ1v) is 10.9. The molecule has 0 saturated carbocycles. The van der Waals surface area contributed by atoms with Crippen LogP contribution in [-0.4, -0.2) is 65.6 Å². The summed E-state index contributed by atoms with van der Waals surface area (Å²) in [5.41, 5.74) is -0.810. The molecule has 1 atom stereocenters. The number of carbonyl (C=O) groups excluding carboxylic acids is 2. The van der Waals surface area contributed by atoms with Gasteiger partial charge in [-0.3, -0.25) is 0 Å². The minimum absolute atomic E-state index is 0.183. The van der Waals surface area contributed by atoms with Gasteiger partial charge in [0.05, 0.1) is 23.8 Å². The molecule has 1 unspecified atom stereocenters. The fourth-order valence-corrected chi connectivity index (χ4v) is 4.37. The molecule has 2 aliphatic rings. The lowest BCUT2D eigenvalue weighted by molar-refractivity contribution is -0.0490. The molecule has 1 spiro atoms. The van der Waals surface area contributed by atoms with E-state index in [0.29, 0.717) is 43.5 Å². The van der Waals surface area contributed by atoms with Gasteiger partial charge < -0.3 is 23.8 Å². The molecule has 9 heteroatoms. The summed E-state index contributed by atoms with van der Waals surface area (Å²) in [5.74, 6) is -0.0878. The topological polar surface area (TPSA) is 87.2 Å². The SMILES string of the molecule is CCOC(=O)c1sc(C)nc1OC1COC2(CCN(C(=O)OC(C)(C)C)CC2)C1. The monoisotopic (exact) mass is 426 g/mol. The van der Waals surface area contributed by atoms with Crippen molar-refractivity contribution in [3.05, 3.63) is 9.88 Å². The van der Waals surface area contributed by atoms with Crippen molar-refractivity contribution in [1.29, 1.82) is 0 Å². The normalized spacial score (nSPS) is 21.3. The molecule has 0 radical (unpaired) electrons. The highest BCUT2D eigenvalue weighted by Crippen LogP contribution is 2.38. The van der Waals surface area contributed by atoms with Crippen LogP contribution in [0.2, 0.25) is 0 Å². The summed E-state index contributed by atoms with van der Waals surface area (Å²) >= 11 is 1.27. The molecule has 1 aromatic heterocycles. The van der Waals surface area contributed by atoms with E-state index in [1.165, 1.54) is 11.3 Å². The summed E-state index contributed by atoms with van der Waals surface area (Å²) in [7, 11) is 0. The first-order valence-electron chi connectivity index (χ1n) is 10.0. The largest absolute Gasteiger partial charge is 0.471 e. The molecule has 3 rings (SSSR count). The Morgan fingerprint density at radius 1 is 1.31 bits per heavy atom. The fourth-order valence-electron chi connectivity index (χ4n) is 3.62. The summed E-state index contributed by atoms with van der Waals surface area (Å²) in [6.07, 6.45) is 1.70. The van der Waals surface area contributed by atoms with Crippen molar-refractivity contribution in [1.82, 2.24) is 9.88 Å². The Morgan fingerprint density at radius 3 is 2.62 bits per heavy atom. The lowest BCUT2D eigenvalue weighted by atomic mass is 9.88. The maximum Gasteiger partial charge on any atom is 0.410 e. The van der Waals surface area contributed by atoms with Crippen molar-refractivity contribution in [3.8, 4) is 5.88 Å². The maximum absolute atomic E-state index is 12.3. The average Bonchev–Trinajstić information content (AvgIpc) is 3.18. The van der Waals surface area contributed by atoms with Gasteiger partial charge in [-0.25, -0.2) is 14.6 Å². The standard InChI is InChI=1S/C20H30N2O6S/c1-6-25-17(23)15-16(21-13(2)29-15)27-14-11-20(26-12-14)7-9-22(10-8-20)18(24)28-19(3,4)5/h14H,6-12H2,1-5H3. The number of ether oxygens (including phenoxy) is 4. The van der Waals surface area contributed by atoms with E-state index in [9.17, 15) is 9.59 Å². The number of hydrogen-bond donors (Lipinski definition) is 0. The predicted molar refractivity (Wildman–Crippen MR) is 108 cm³/mol. The second-order valence-electron chi connectivity index (χ2n) is 8.49. The minimum atomic E-state index is -0.503. The molecule has 162 valence electrons. The third-order valence-corrected chi connectivity index (χ3v) is 5.88. The number of aryl methyl sites for hydroxylation is 1. The zero-order valence-electron chi connectivity index (χ0n) is 17.8.